The first-order chi connectivity index (χ1) is 7.55. The van der Waals surface area contributed by atoms with E-state index in [1.54, 1.807) is 0 Å². The van der Waals surface area contributed by atoms with E-state index >= 15 is 0 Å². The average Bonchev–Trinajstić information content (AvgIpc) is 2.13. The molecule has 0 amide bonds. The molecule has 17 heavy (non-hydrogen) atoms. The highest BCUT2D eigenvalue weighted by molar-refractivity contribution is 8.28. The van der Waals surface area contributed by atoms with Crippen LogP contribution in [0.2, 0.25) is 0 Å². The molecule has 0 heterocycles. The van der Waals surface area contributed by atoms with Gasteiger partial charge < -0.3 is 0 Å². The van der Waals surface area contributed by atoms with E-state index in [0.29, 0.717) is 18.2 Å². The smallest absolute Gasteiger partial charge is 0.166 e. The van der Waals surface area contributed by atoms with Crippen LogP contribution in [-0.4, -0.2) is 0 Å². The second-order valence-electron chi connectivity index (χ2n) is 2.95. The standard InChI is InChI=1S/C8H3F6PS2/c9-7(10,11)4-2-1-3-5(8(12,13)14)6(4)15(16)17/h1-3H. The lowest BCUT2D eigenvalue weighted by Crippen LogP contribution is -2.23. The molecular weight excluding hydrogens is 305 g/mol. The zero-order valence-electron chi connectivity index (χ0n) is 7.76. The third-order valence-corrected chi connectivity index (χ3v) is 3.77. The van der Waals surface area contributed by atoms with Crippen molar-refractivity contribution in [1.82, 2.24) is 0 Å². The summed E-state index contributed by atoms with van der Waals surface area (Å²) in [6.45, 7) is 0. The summed E-state index contributed by atoms with van der Waals surface area (Å²) >= 11 is 8.88. The molecule has 0 saturated heterocycles. The summed E-state index contributed by atoms with van der Waals surface area (Å²) in [6, 6.07) is 1.80. The summed E-state index contributed by atoms with van der Waals surface area (Å²) in [5.74, 6) is 0. The van der Waals surface area contributed by atoms with Crippen molar-refractivity contribution in [3.8, 4) is 0 Å². The summed E-state index contributed by atoms with van der Waals surface area (Å²) in [6.07, 6.45) is -9.79. The predicted molar refractivity (Wildman–Crippen MR) is 57.7 cm³/mol. The van der Waals surface area contributed by atoms with Gasteiger partial charge >= 0.3 is 12.4 Å². The Morgan fingerprint density at radius 2 is 1.18 bits per heavy atom. The Labute approximate surface area is 103 Å². The molecule has 1 rings (SSSR count). The maximum absolute atomic E-state index is 12.5. The van der Waals surface area contributed by atoms with Crippen LogP contribution in [0.1, 0.15) is 11.1 Å². The van der Waals surface area contributed by atoms with Crippen molar-refractivity contribution in [2.45, 2.75) is 12.4 Å². The monoisotopic (exact) mass is 308 g/mol. The maximum Gasteiger partial charge on any atom is 0.417 e. The van der Waals surface area contributed by atoms with Gasteiger partial charge in [0.25, 0.3) is 0 Å². The third kappa shape index (κ3) is 3.26. The Morgan fingerprint density at radius 3 is 1.41 bits per heavy atom. The molecule has 0 saturated carbocycles. The Kier molecular flexibility index (Phi) is 4.01. The van der Waals surface area contributed by atoms with Gasteiger partial charge in [0.15, 0.2) is 0 Å². The SMILES string of the molecule is FC(F)(F)c1cccc(C(F)(F)F)c1P(=S)=S. The molecule has 0 radical (unpaired) electrons. The van der Waals surface area contributed by atoms with Gasteiger partial charge in [-0.2, -0.15) is 26.3 Å². The molecule has 0 unspecified atom stereocenters. The van der Waals surface area contributed by atoms with E-state index in [9.17, 15) is 26.3 Å². The summed E-state index contributed by atoms with van der Waals surface area (Å²) in [7, 11) is 0. The Balaban J connectivity index is 3.67. The first-order valence-electron chi connectivity index (χ1n) is 3.97. The van der Waals surface area contributed by atoms with E-state index in [4.69, 9.17) is 0 Å². The molecule has 94 valence electrons. The topological polar surface area (TPSA) is 0 Å². The molecule has 0 aliphatic carbocycles. The summed E-state index contributed by atoms with van der Waals surface area (Å²) in [5, 5.41) is -1.01. The largest absolute Gasteiger partial charge is 0.417 e. The normalized spacial score (nSPS) is 12.6. The van der Waals surface area contributed by atoms with Gasteiger partial charge in [0.05, 0.1) is 11.1 Å². The van der Waals surface area contributed by atoms with Gasteiger partial charge in [0.1, 0.15) is 0 Å². The van der Waals surface area contributed by atoms with Crippen molar-refractivity contribution in [2.75, 3.05) is 0 Å². The second-order valence-corrected chi connectivity index (χ2v) is 6.80. The van der Waals surface area contributed by atoms with Crippen LogP contribution in [0.25, 0.3) is 0 Å². The lowest BCUT2D eigenvalue weighted by atomic mass is 10.1. The Bertz CT molecular complexity index is 459. The van der Waals surface area contributed by atoms with Crippen LogP contribution < -0.4 is 5.30 Å². The lowest BCUT2D eigenvalue weighted by Gasteiger charge is -2.15. The van der Waals surface area contributed by atoms with E-state index < -0.39 is 34.3 Å². The molecule has 1 aromatic carbocycles. The van der Waals surface area contributed by atoms with Crippen LogP contribution in [0, 0.1) is 0 Å². The van der Waals surface area contributed by atoms with Gasteiger partial charge in [-0.15, -0.1) is 0 Å². The zero-order valence-corrected chi connectivity index (χ0v) is 10.3. The third-order valence-electron chi connectivity index (χ3n) is 1.83. The van der Waals surface area contributed by atoms with Crippen LogP contribution in [0.4, 0.5) is 26.3 Å². The van der Waals surface area contributed by atoms with Crippen LogP contribution in [0.15, 0.2) is 18.2 Å². The fourth-order valence-corrected chi connectivity index (χ4v) is 3.17. The second kappa shape index (κ2) is 4.66. The van der Waals surface area contributed by atoms with E-state index in [0.717, 1.165) is 0 Å². The van der Waals surface area contributed by atoms with E-state index in [1.807, 2.05) is 0 Å². The highest BCUT2D eigenvalue weighted by Crippen LogP contribution is 2.36. The first-order valence-corrected chi connectivity index (χ1v) is 7.34. The minimum atomic E-state index is -4.89. The Hall–Kier alpha value is -0.460. The maximum atomic E-state index is 12.5. The minimum absolute atomic E-state index is 0.554. The van der Waals surface area contributed by atoms with Gasteiger partial charge in [-0.1, -0.05) is 6.07 Å². The van der Waals surface area contributed by atoms with Crippen LogP contribution in [0.3, 0.4) is 0 Å². The number of hydrogen-bond donors (Lipinski definition) is 0. The van der Waals surface area contributed by atoms with Crippen molar-refractivity contribution < 1.29 is 26.3 Å². The van der Waals surface area contributed by atoms with Crippen molar-refractivity contribution >= 4 is 34.4 Å². The van der Waals surface area contributed by atoms with Crippen molar-refractivity contribution in [3.05, 3.63) is 29.3 Å². The summed E-state index contributed by atoms with van der Waals surface area (Å²) < 4.78 is 75.2. The van der Waals surface area contributed by atoms with Gasteiger partial charge in [-0.25, -0.2) is 0 Å². The summed E-state index contributed by atoms with van der Waals surface area (Å²) in [4.78, 5) is 0. The molecule has 0 N–H and O–H groups in total. The molecule has 1 aromatic rings. The molecule has 0 aromatic heterocycles. The van der Waals surface area contributed by atoms with Crippen molar-refractivity contribution in [3.63, 3.8) is 0 Å². The molecule has 0 fully saturated rings. The zero-order chi connectivity index (χ0) is 13.4. The number of alkyl halides is 6. The fourth-order valence-electron chi connectivity index (χ4n) is 1.20. The number of rotatable bonds is 1. The molecule has 0 spiro atoms. The average molecular weight is 308 g/mol. The highest BCUT2D eigenvalue weighted by Gasteiger charge is 2.40. The van der Waals surface area contributed by atoms with Crippen molar-refractivity contribution in [1.29, 1.82) is 0 Å². The predicted octanol–water partition coefficient (Wildman–Crippen LogP) is 3.76. The van der Waals surface area contributed by atoms with Gasteiger partial charge in [-0.3, -0.25) is 0 Å². The molecule has 9 heteroatoms. The van der Waals surface area contributed by atoms with E-state index in [1.165, 1.54) is 0 Å². The molecule has 0 atom stereocenters. The minimum Gasteiger partial charge on any atom is -0.166 e. The van der Waals surface area contributed by atoms with Crippen LogP contribution in [-0.2, 0) is 36.0 Å². The van der Waals surface area contributed by atoms with E-state index in [-0.39, 0.29) is 0 Å². The van der Waals surface area contributed by atoms with Gasteiger partial charge in [-0.05, 0) is 35.7 Å². The quantitative estimate of drug-likeness (QED) is 0.572. The first kappa shape index (κ1) is 14.6. The number of halogens is 6. The molecule has 0 bridgehead atoms. The Morgan fingerprint density at radius 1 is 0.824 bits per heavy atom. The lowest BCUT2D eigenvalue weighted by molar-refractivity contribution is -0.141. The van der Waals surface area contributed by atoms with E-state index in [2.05, 4.69) is 23.6 Å². The molecule has 0 aliphatic heterocycles. The summed E-state index contributed by atoms with van der Waals surface area (Å²) in [5.41, 5.74) is -5.14. The van der Waals surface area contributed by atoms with Crippen molar-refractivity contribution in [2.24, 2.45) is 0 Å². The van der Waals surface area contributed by atoms with Gasteiger partial charge in [0, 0.05) is 10.8 Å². The number of hydrogen-bond acceptors (Lipinski definition) is 2. The number of benzene rings is 1. The highest BCUT2D eigenvalue weighted by atomic mass is 32.7. The molecule has 0 aliphatic rings. The fraction of sp³-hybridized carbons (Fsp3) is 0.250. The van der Waals surface area contributed by atoms with Crippen LogP contribution in [0.5, 0.6) is 0 Å². The van der Waals surface area contributed by atoms with Crippen LogP contribution >= 0.6 is 5.47 Å². The van der Waals surface area contributed by atoms with Gasteiger partial charge in [0.2, 0.25) is 0 Å². The molecule has 0 nitrogen and oxygen atoms in total. The molecular formula is C8H3F6PS2.